The molecule has 1 unspecified atom stereocenters. The summed E-state index contributed by atoms with van der Waals surface area (Å²) >= 11 is 1.55. The largest absolute Gasteiger partial charge is 0.465 e. The summed E-state index contributed by atoms with van der Waals surface area (Å²) in [5.41, 5.74) is 13.3. The Balaban J connectivity index is 0.00000102. The fourth-order valence-electron chi connectivity index (χ4n) is 7.82. The first kappa shape index (κ1) is 81.5. The number of Topliss-reactive ketones (excluding diaryl/α,β-unsaturated/α-hetero) is 6. The molecule has 4 aromatic heterocycles. The molecule has 0 aliphatic heterocycles. The third-order valence-electron chi connectivity index (χ3n) is 12.6. The number of aromatic nitrogens is 3. The topological polar surface area (TPSA) is 223 Å². The Morgan fingerprint density at radius 2 is 0.857 bits per heavy atom. The number of nitrogens with one attached hydrogen (secondary N) is 1. The SMILES string of the molecule is C.CC(=O)C(c1ccc(C)cc1)C(C)C.CC(=O)c1cc(C)ccn1.CC(=O)c1ccc(C)cc1.CC(=O)c1ccc(C)s1.CNC(=O)c1ccc(C)cc1.COC(=O)c1cc(C)cc(C(C)=O)c1.COC(=O)c1cc(C)cc(C(C)=O)n1.Cc1ccnc(C)c1. The van der Waals surface area contributed by atoms with E-state index in [2.05, 4.69) is 87.8 Å². The number of benzene rings is 4. The van der Waals surface area contributed by atoms with E-state index in [0.717, 1.165) is 44.0 Å². The van der Waals surface area contributed by atoms with Gasteiger partial charge in [0.2, 0.25) is 0 Å². The molecule has 1 N–H and O–H groups in total. The van der Waals surface area contributed by atoms with Gasteiger partial charge >= 0.3 is 11.9 Å². The van der Waals surface area contributed by atoms with Crippen molar-refractivity contribution in [2.24, 2.45) is 5.92 Å². The van der Waals surface area contributed by atoms with Crippen LogP contribution >= 0.6 is 11.3 Å². The van der Waals surface area contributed by atoms with E-state index in [4.69, 9.17) is 0 Å². The quantitative estimate of drug-likeness (QED) is 0.0940. The Kier molecular flexibility index (Phi) is 38.0. The van der Waals surface area contributed by atoms with Crippen LogP contribution in [0.1, 0.15) is 206 Å². The number of ketones is 6. The van der Waals surface area contributed by atoms with Crippen LogP contribution in [-0.4, -0.2) is 88.8 Å². The van der Waals surface area contributed by atoms with Crippen LogP contribution in [0, 0.1) is 68.2 Å². The average Bonchev–Trinajstić information content (AvgIpc) is 2.36. The summed E-state index contributed by atoms with van der Waals surface area (Å²) < 4.78 is 9.09. The molecule has 0 bridgehead atoms. The van der Waals surface area contributed by atoms with Gasteiger partial charge in [0.25, 0.3) is 5.91 Å². The van der Waals surface area contributed by atoms with Crippen LogP contribution in [0.15, 0.2) is 152 Å². The van der Waals surface area contributed by atoms with Crippen molar-refractivity contribution in [2.45, 2.75) is 131 Å². The highest BCUT2D eigenvalue weighted by atomic mass is 32.1. The minimum atomic E-state index is -0.531. The van der Waals surface area contributed by atoms with Crippen molar-refractivity contribution in [1.82, 2.24) is 20.3 Å². The molecule has 0 saturated carbocycles. The van der Waals surface area contributed by atoms with Crippen LogP contribution in [0.5, 0.6) is 0 Å². The van der Waals surface area contributed by atoms with Crippen molar-refractivity contribution in [1.29, 1.82) is 0 Å². The Morgan fingerprint density at radius 3 is 1.22 bits per heavy atom. The number of methoxy groups -OCH3 is 2. The standard InChI is InChI=1S/C13H18O.C11H12O3.C10H11NO3.C9H11NO.C9H10O.C8H9NO.C7H9N.C7H8OS.CH4/c1-9(2)13(11(4)14)12-7-5-10(3)6-8-12;1-7-4-9(8(2)12)6-10(5-7)11(13)14-3;1-6-4-8(7(2)12)11-9(5-6)10(13)14-3;1-7-3-5-8(6-4-7)9(11)10-2;1-7-3-5-9(6-4-7)8(2)10;1-6-3-4-9-8(5-6)7(2)10;1-6-3-4-8-7(2)5-6;1-5-3-4-7(9-5)6(2)8;/h5-9,13H,1-4H3;4-6H,1-3H3;4-5H,1-3H3;3-6H,1-2H3,(H,10,11);3-6H,1-2H3;3-5H,1-2H3;3-5H,1-2H3;3-4H,1-2H3;1H4. The minimum absolute atomic E-state index is 0. The third kappa shape index (κ3) is 32.5. The number of carbonyl (C=O) groups is 9. The van der Waals surface area contributed by atoms with Crippen LogP contribution in [0.2, 0.25) is 0 Å². The Morgan fingerprint density at radius 1 is 0.418 bits per heavy atom. The fraction of sp³-hybridized carbons (Fsp3) is 0.307. The lowest BCUT2D eigenvalue weighted by atomic mass is 9.85. The molecule has 15 nitrogen and oxygen atoms in total. The van der Waals surface area contributed by atoms with Crippen molar-refractivity contribution >= 4 is 63.9 Å². The molecule has 0 aliphatic carbocycles. The summed E-state index contributed by atoms with van der Waals surface area (Å²) in [7, 11) is 4.22. The highest BCUT2D eigenvalue weighted by Crippen LogP contribution is 2.25. The van der Waals surface area contributed by atoms with E-state index in [1.165, 1.54) is 56.6 Å². The maximum atomic E-state index is 11.5. The van der Waals surface area contributed by atoms with Gasteiger partial charge in [-0.15, -0.1) is 11.3 Å². The number of nitrogens with zero attached hydrogens (tertiary/aromatic N) is 3. The summed E-state index contributed by atoms with van der Waals surface area (Å²) in [6.45, 7) is 31.1. The van der Waals surface area contributed by atoms with Gasteiger partial charge in [0.15, 0.2) is 28.9 Å². The van der Waals surface area contributed by atoms with E-state index in [1.54, 1.807) is 88.7 Å². The van der Waals surface area contributed by atoms with Gasteiger partial charge in [0, 0.05) is 66.5 Å². The lowest BCUT2D eigenvalue weighted by Crippen LogP contribution is -2.17. The number of ether oxygens (including phenoxy) is 2. The maximum absolute atomic E-state index is 11.5. The van der Waals surface area contributed by atoms with Crippen LogP contribution in [0.4, 0.5) is 0 Å². The zero-order valence-electron chi connectivity index (χ0n) is 55.8. The van der Waals surface area contributed by atoms with Gasteiger partial charge in [-0.25, -0.2) is 14.6 Å². The normalized spacial score (nSPS) is 9.90. The Hall–Kier alpha value is -9.54. The van der Waals surface area contributed by atoms with Crippen LogP contribution in [-0.2, 0) is 14.3 Å². The number of pyridine rings is 3. The van der Waals surface area contributed by atoms with Gasteiger partial charge in [0.05, 0.1) is 24.7 Å². The third-order valence-corrected chi connectivity index (χ3v) is 13.7. The highest BCUT2D eigenvalue weighted by Gasteiger charge is 2.20. The predicted octanol–water partition coefficient (Wildman–Crippen LogP) is 16.4. The number of aryl methyl sites for hydroxylation is 9. The number of esters is 2. The molecule has 0 spiro atoms. The van der Waals surface area contributed by atoms with Gasteiger partial charge < -0.3 is 14.8 Å². The first-order valence-corrected chi connectivity index (χ1v) is 29.7. The van der Waals surface area contributed by atoms with Gasteiger partial charge in [-0.1, -0.05) is 98.6 Å². The number of hydrogen-bond donors (Lipinski definition) is 1. The molecule has 484 valence electrons. The molecule has 0 saturated heterocycles. The van der Waals surface area contributed by atoms with Gasteiger partial charge in [0.1, 0.15) is 22.9 Å². The summed E-state index contributed by atoms with van der Waals surface area (Å²) in [5.74, 6) is -0.235. The van der Waals surface area contributed by atoms with Crippen LogP contribution in [0.3, 0.4) is 0 Å². The van der Waals surface area contributed by atoms with Crippen molar-refractivity contribution in [3.63, 3.8) is 0 Å². The van der Waals surface area contributed by atoms with Gasteiger partial charge in [-0.2, -0.15) is 0 Å². The number of thiophene rings is 1. The monoisotopic (exact) mass is 1260 g/mol. The van der Waals surface area contributed by atoms with Crippen molar-refractivity contribution < 1.29 is 52.6 Å². The predicted molar refractivity (Wildman–Crippen MR) is 367 cm³/mol. The van der Waals surface area contributed by atoms with Crippen molar-refractivity contribution in [3.05, 3.63) is 251 Å². The zero-order valence-corrected chi connectivity index (χ0v) is 56.6. The van der Waals surface area contributed by atoms with E-state index >= 15 is 0 Å². The average molecular weight is 1260 g/mol. The minimum Gasteiger partial charge on any atom is -0.465 e. The van der Waals surface area contributed by atoms with E-state index in [9.17, 15) is 43.2 Å². The molecule has 0 aliphatic rings. The lowest BCUT2D eigenvalue weighted by molar-refractivity contribution is -0.119. The number of hydrogen-bond acceptors (Lipinski definition) is 15. The molecular formula is C75H92N4O11S. The Bertz CT molecular complexity index is 3570. The van der Waals surface area contributed by atoms with Crippen molar-refractivity contribution in [2.75, 3.05) is 21.3 Å². The number of amides is 1. The second-order valence-electron chi connectivity index (χ2n) is 21.4. The molecule has 8 aromatic rings. The second-order valence-corrected chi connectivity index (χ2v) is 22.7. The first-order valence-electron chi connectivity index (χ1n) is 28.9. The first-order chi connectivity index (χ1) is 42.2. The molecule has 0 fully saturated rings. The number of rotatable bonds is 11. The molecule has 1 atom stereocenters. The molecule has 16 heteroatoms. The smallest absolute Gasteiger partial charge is 0.356 e. The van der Waals surface area contributed by atoms with Crippen LogP contribution < -0.4 is 5.32 Å². The summed E-state index contributed by atoms with van der Waals surface area (Å²) in [4.78, 5) is 113. The van der Waals surface area contributed by atoms with E-state index in [0.29, 0.717) is 28.3 Å². The summed E-state index contributed by atoms with van der Waals surface area (Å²) in [6.07, 6.45) is 3.47. The van der Waals surface area contributed by atoms with Crippen molar-refractivity contribution in [3.8, 4) is 0 Å². The molecule has 8 rings (SSSR count). The fourth-order valence-corrected chi connectivity index (χ4v) is 8.58. The second kappa shape index (κ2) is 42.4. The molecule has 91 heavy (non-hydrogen) atoms. The summed E-state index contributed by atoms with van der Waals surface area (Å²) in [5, 5.41) is 2.56. The lowest BCUT2D eigenvalue weighted by Gasteiger charge is -2.18. The maximum Gasteiger partial charge on any atom is 0.356 e. The highest BCUT2D eigenvalue weighted by molar-refractivity contribution is 7.13. The molecule has 0 radical (unpaired) electrons. The summed E-state index contributed by atoms with van der Waals surface area (Å²) in [6, 6.07) is 43.0. The Labute approximate surface area is 543 Å². The van der Waals surface area contributed by atoms with E-state index < -0.39 is 11.9 Å². The van der Waals surface area contributed by atoms with Gasteiger partial charge in [-0.05, 0) is 203 Å². The molecule has 4 aromatic carbocycles. The van der Waals surface area contributed by atoms with Crippen LogP contribution in [0.25, 0.3) is 0 Å². The van der Waals surface area contributed by atoms with E-state index in [1.807, 2.05) is 121 Å². The van der Waals surface area contributed by atoms with Gasteiger partial charge in [-0.3, -0.25) is 43.5 Å². The molecular weight excluding hydrogens is 1160 g/mol. The molecule has 4 heterocycles. The van der Waals surface area contributed by atoms with E-state index in [-0.39, 0.29) is 65.3 Å². The number of carbonyl (C=O) groups excluding carboxylic acids is 9. The molecule has 1 amide bonds. The zero-order chi connectivity index (χ0) is 68.4.